The minimum absolute atomic E-state index is 0.0214. The first kappa shape index (κ1) is 15.9. The van der Waals surface area contributed by atoms with Crippen molar-refractivity contribution in [2.45, 2.75) is 24.8 Å². The molecule has 1 aliphatic heterocycles. The minimum Gasteiger partial charge on any atom is -0.465 e. The van der Waals surface area contributed by atoms with E-state index in [1.807, 2.05) is 13.0 Å². The van der Waals surface area contributed by atoms with Crippen LogP contribution in [0.25, 0.3) is 0 Å². The first-order valence-corrected chi connectivity index (χ1v) is 7.49. The van der Waals surface area contributed by atoms with Crippen LogP contribution in [0.1, 0.15) is 23.7 Å². The van der Waals surface area contributed by atoms with Crippen molar-refractivity contribution in [1.29, 1.82) is 0 Å². The topological polar surface area (TPSA) is 59.6 Å². The molecular formula is C15H21ClN2O3. The zero-order valence-electron chi connectivity index (χ0n) is 12.3. The number of halogens is 1. The highest BCUT2D eigenvalue weighted by atomic mass is 35.5. The molecule has 0 amide bonds. The molecule has 0 aromatic heterocycles. The van der Waals surface area contributed by atoms with E-state index in [1.165, 1.54) is 7.11 Å². The van der Waals surface area contributed by atoms with Crippen molar-refractivity contribution < 1.29 is 14.3 Å². The van der Waals surface area contributed by atoms with Crippen LogP contribution in [-0.2, 0) is 9.47 Å². The third-order valence-corrected chi connectivity index (χ3v) is 3.48. The van der Waals surface area contributed by atoms with Gasteiger partial charge in [-0.15, -0.1) is 11.6 Å². The molecule has 2 rings (SSSR count). The molecule has 6 heteroatoms. The second-order valence-corrected chi connectivity index (χ2v) is 5.82. The Balaban J connectivity index is 2.10. The van der Waals surface area contributed by atoms with Gasteiger partial charge in [0.05, 0.1) is 30.2 Å². The molecule has 5 nitrogen and oxygen atoms in total. The van der Waals surface area contributed by atoms with Crippen LogP contribution in [0.2, 0.25) is 0 Å². The van der Waals surface area contributed by atoms with E-state index >= 15 is 0 Å². The van der Waals surface area contributed by atoms with Gasteiger partial charge >= 0.3 is 5.97 Å². The first-order valence-electron chi connectivity index (χ1n) is 7.06. The third kappa shape index (κ3) is 4.51. The Kier molecular flexibility index (Phi) is 5.70. The van der Waals surface area contributed by atoms with Gasteiger partial charge in [0.2, 0.25) is 0 Å². The molecule has 116 valence electrons. The molecule has 21 heavy (non-hydrogen) atoms. The van der Waals surface area contributed by atoms with Crippen LogP contribution in [-0.4, -0.2) is 44.3 Å². The lowest BCUT2D eigenvalue weighted by molar-refractivity contribution is -0.0410. The molecule has 0 saturated carbocycles. The molecule has 0 radical (unpaired) electrons. The van der Waals surface area contributed by atoms with Crippen LogP contribution in [0, 0.1) is 0 Å². The molecule has 1 fully saturated rings. The van der Waals surface area contributed by atoms with Gasteiger partial charge in [0.25, 0.3) is 0 Å². The van der Waals surface area contributed by atoms with E-state index in [0.29, 0.717) is 12.1 Å². The van der Waals surface area contributed by atoms with Crippen molar-refractivity contribution in [2.24, 2.45) is 0 Å². The molecule has 1 aromatic carbocycles. The first-order chi connectivity index (χ1) is 10.1. The fourth-order valence-corrected chi connectivity index (χ4v) is 2.09. The number of ether oxygens (including phenoxy) is 2. The SMILES string of the molecule is COC(=O)c1ccc(NC[C@H](C)Cl)c(NC[C@@H]2CCO2)c1. The summed E-state index contributed by atoms with van der Waals surface area (Å²) in [5.41, 5.74) is 2.28. The maximum absolute atomic E-state index is 11.6. The Bertz CT molecular complexity index is 490. The van der Waals surface area contributed by atoms with Gasteiger partial charge in [-0.25, -0.2) is 4.79 Å². The smallest absolute Gasteiger partial charge is 0.337 e. The maximum atomic E-state index is 11.6. The zero-order chi connectivity index (χ0) is 15.2. The lowest BCUT2D eigenvalue weighted by atomic mass is 10.1. The quantitative estimate of drug-likeness (QED) is 0.599. The molecular weight excluding hydrogens is 292 g/mol. The average molecular weight is 313 g/mol. The number of rotatable bonds is 7. The number of methoxy groups -OCH3 is 1. The molecule has 0 aliphatic carbocycles. The minimum atomic E-state index is -0.352. The number of nitrogens with one attached hydrogen (secondary N) is 2. The summed E-state index contributed by atoms with van der Waals surface area (Å²) >= 11 is 5.97. The average Bonchev–Trinajstić information content (AvgIpc) is 2.43. The monoisotopic (exact) mass is 312 g/mol. The maximum Gasteiger partial charge on any atom is 0.337 e. The fourth-order valence-electron chi connectivity index (χ4n) is 2.01. The van der Waals surface area contributed by atoms with E-state index in [4.69, 9.17) is 21.1 Å². The second-order valence-electron chi connectivity index (χ2n) is 5.08. The summed E-state index contributed by atoms with van der Waals surface area (Å²) in [7, 11) is 1.37. The van der Waals surface area contributed by atoms with E-state index in [9.17, 15) is 4.79 Å². The Morgan fingerprint density at radius 3 is 2.81 bits per heavy atom. The molecule has 0 bridgehead atoms. The molecule has 2 atom stereocenters. The Labute approximate surface area is 130 Å². The predicted molar refractivity (Wildman–Crippen MR) is 84.4 cm³/mol. The molecule has 1 heterocycles. The second kappa shape index (κ2) is 7.52. The van der Waals surface area contributed by atoms with Crippen molar-refractivity contribution in [3.05, 3.63) is 23.8 Å². The van der Waals surface area contributed by atoms with Crippen LogP contribution in [0.5, 0.6) is 0 Å². The van der Waals surface area contributed by atoms with Gasteiger partial charge in [-0.05, 0) is 31.5 Å². The van der Waals surface area contributed by atoms with Crippen LogP contribution < -0.4 is 10.6 Å². The largest absolute Gasteiger partial charge is 0.465 e. The highest BCUT2D eigenvalue weighted by molar-refractivity contribution is 6.20. The van der Waals surface area contributed by atoms with Crippen molar-refractivity contribution in [1.82, 2.24) is 0 Å². The van der Waals surface area contributed by atoms with Crippen molar-refractivity contribution >= 4 is 28.9 Å². The normalized spacial score (nSPS) is 18.5. The van der Waals surface area contributed by atoms with Crippen LogP contribution in [0.3, 0.4) is 0 Å². The number of hydrogen-bond donors (Lipinski definition) is 2. The Hall–Kier alpha value is -1.46. The summed E-state index contributed by atoms with van der Waals surface area (Å²) in [6.45, 7) is 4.11. The molecule has 1 saturated heterocycles. The van der Waals surface area contributed by atoms with Gasteiger partial charge in [-0.3, -0.25) is 0 Å². The third-order valence-electron chi connectivity index (χ3n) is 3.33. The van der Waals surface area contributed by atoms with Gasteiger partial charge < -0.3 is 20.1 Å². The van der Waals surface area contributed by atoms with Crippen molar-refractivity contribution in [3.63, 3.8) is 0 Å². The lowest BCUT2D eigenvalue weighted by Crippen LogP contribution is -2.33. The number of alkyl halides is 1. The zero-order valence-corrected chi connectivity index (χ0v) is 13.1. The number of benzene rings is 1. The Morgan fingerprint density at radius 1 is 1.48 bits per heavy atom. The summed E-state index contributed by atoms with van der Waals surface area (Å²) < 4.78 is 10.1. The van der Waals surface area contributed by atoms with Gasteiger partial charge in [0.15, 0.2) is 0 Å². The molecule has 1 aromatic rings. The summed E-state index contributed by atoms with van der Waals surface area (Å²) in [4.78, 5) is 11.6. The number of carbonyl (C=O) groups is 1. The highest BCUT2D eigenvalue weighted by Crippen LogP contribution is 2.25. The highest BCUT2D eigenvalue weighted by Gasteiger charge is 2.18. The van der Waals surface area contributed by atoms with E-state index in [1.54, 1.807) is 12.1 Å². The summed E-state index contributed by atoms with van der Waals surface area (Å²) in [5, 5.41) is 6.61. The fraction of sp³-hybridized carbons (Fsp3) is 0.533. The van der Waals surface area contributed by atoms with Crippen molar-refractivity contribution in [2.75, 3.05) is 37.4 Å². The van der Waals surface area contributed by atoms with Crippen LogP contribution in [0.4, 0.5) is 11.4 Å². The predicted octanol–water partition coefficient (Wildman–Crippen LogP) is 2.71. The van der Waals surface area contributed by atoms with E-state index in [0.717, 1.165) is 30.9 Å². The molecule has 0 unspecified atom stereocenters. The van der Waals surface area contributed by atoms with Gasteiger partial charge in [-0.2, -0.15) is 0 Å². The summed E-state index contributed by atoms with van der Waals surface area (Å²) in [6, 6.07) is 5.37. The summed E-state index contributed by atoms with van der Waals surface area (Å²) in [6.07, 6.45) is 1.30. The van der Waals surface area contributed by atoms with Gasteiger partial charge in [0, 0.05) is 25.1 Å². The molecule has 1 aliphatic rings. The summed E-state index contributed by atoms with van der Waals surface area (Å²) in [5.74, 6) is -0.352. The van der Waals surface area contributed by atoms with Crippen molar-refractivity contribution in [3.8, 4) is 0 Å². The van der Waals surface area contributed by atoms with Gasteiger partial charge in [0.1, 0.15) is 0 Å². The van der Waals surface area contributed by atoms with Gasteiger partial charge in [-0.1, -0.05) is 0 Å². The van der Waals surface area contributed by atoms with E-state index < -0.39 is 0 Å². The molecule has 2 N–H and O–H groups in total. The number of esters is 1. The number of carbonyl (C=O) groups excluding carboxylic acids is 1. The lowest BCUT2D eigenvalue weighted by Gasteiger charge is -2.27. The standard InChI is InChI=1S/C15H21ClN2O3/c1-10(16)8-17-13-4-3-11(15(19)20-2)7-14(13)18-9-12-5-6-21-12/h3-4,7,10,12,17-18H,5-6,8-9H2,1-2H3/t10-,12-/m0/s1. The van der Waals surface area contributed by atoms with Crippen LogP contribution in [0.15, 0.2) is 18.2 Å². The molecule has 0 spiro atoms. The Morgan fingerprint density at radius 2 is 2.24 bits per heavy atom. The van der Waals surface area contributed by atoms with E-state index in [-0.39, 0.29) is 17.5 Å². The number of anilines is 2. The van der Waals surface area contributed by atoms with Crippen LogP contribution >= 0.6 is 11.6 Å². The van der Waals surface area contributed by atoms with E-state index in [2.05, 4.69) is 10.6 Å². The number of hydrogen-bond acceptors (Lipinski definition) is 5.